The van der Waals surface area contributed by atoms with Crippen molar-refractivity contribution in [1.29, 1.82) is 0 Å². The number of carbonyl (C=O) groups is 2. The van der Waals surface area contributed by atoms with Gasteiger partial charge in [-0.1, -0.05) is 0 Å². The lowest BCUT2D eigenvalue weighted by Gasteiger charge is -2.47. The fourth-order valence-electron chi connectivity index (χ4n) is 2.20. The summed E-state index contributed by atoms with van der Waals surface area (Å²) >= 11 is 0. The summed E-state index contributed by atoms with van der Waals surface area (Å²) in [4.78, 5) is 23.9. The number of primary amides is 1. The van der Waals surface area contributed by atoms with Gasteiger partial charge in [0.1, 0.15) is 11.6 Å². The summed E-state index contributed by atoms with van der Waals surface area (Å²) in [7, 11) is 0. The minimum absolute atomic E-state index is 0.191. The van der Waals surface area contributed by atoms with Gasteiger partial charge in [0.15, 0.2) is 0 Å². The fraction of sp³-hybridized carbons (Fsp3) is 0.800. The summed E-state index contributed by atoms with van der Waals surface area (Å²) in [5, 5.41) is 12.4. The van der Waals surface area contributed by atoms with Crippen LogP contribution in [-0.4, -0.2) is 46.7 Å². The smallest absolute Gasteiger partial charge is 0.312 e. The van der Waals surface area contributed by atoms with E-state index in [1.54, 1.807) is 11.8 Å². The van der Waals surface area contributed by atoms with Crippen LogP contribution in [0.15, 0.2) is 0 Å². The summed E-state index contributed by atoms with van der Waals surface area (Å²) < 4.78 is 0. The van der Waals surface area contributed by atoms with Crippen molar-refractivity contribution in [2.24, 2.45) is 11.7 Å². The first-order valence-corrected chi connectivity index (χ1v) is 5.49. The van der Waals surface area contributed by atoms with Gasteiger partial charge in [0.25, 0.3) is 0 Å². The van der Waals surface area contributed by atoms with Crippen molar-refractivity contribution < 1.29 is 14.7 Å². The molecule has 2 aliphatic rings. The van der Waals surface area contributed by atoms with E-state index in [9.17, 15) is 14.7 Å². The molecule has 3 amide bonds. The SMILES string of the molecule is CC(NC(N)=O)C(=O)N1CC(O)(C2CC2)C1. The molecule has 90 valence electrons. The van der Waals surface area contributed by atoms with E-state index >= 15 is 0 Å². The van der Waals surface area contributed by atoms with Gasteiger partial charge < -0.3 is 21.1 Å². The molecule has 1 saturated carbocycles. The van der Waals surface area contributed by atoms with E-state index in [0.717, 1.165) is 12.8 Å². The van der Waals surface area contributed by atoms with Crippen LogP contribution in [0.25, 0.3) is 0 Å². The molecule has 4 N–H and O–H groups in total. The predicted molar refractivity (Wildman–Crippen MR) is 56.4 cm³/mol. The second-order valence-corrected chi connectivity index (χ2v) is 4.80. The highest BCUT2D eigenvalue weighted by atomic mass is 16.3. The average molecular weight is 227 g/mol. The van der Waals surface area contributed by atoms with E-state index in [2.05, 4.69) is 5.32 Å². The van der Waals surface area contributed by atoms with Crippen LogP contribution in [0.4, 0.5) is 4.79 Å². The van der Waals surface area contributed by atoms with Crippen molar-refractivity contribution >= 4 is 11.9 Å². The minimum atomic E-state index is -0.709. The maximum Gasteiger partial charge on any atom is 0.312 e. The zero-order chi connectivity index (χ0) is 11.9. The number of hydrogen-bond acceptors (Lipinski definition) is 3. The van der Waals surface area contributed by atoms with Crippen LogP contribution >= 0.6 is 0 Å². The Bertz CT molecular complexity index is 321. The third-order valence-corrected chi connectivity index (χ3v) is 3.31. The maximum absolute atomic E-state index is 11.7. The quantitative estimate of drug-likeness (QED) is 0.578. The lowest BCUT2D eigenvalue weighted by molar-refractivity contribution is -0.160. The van der Waals surface area contributed by atoms with Gasteiger partial charge in [-0.25, -0.2) is 4.79 Å². The van der Waals surface area contributed by atoms with Crippen molar-refractivity contribution in [2.75, 3.05) is 13.1 Å². The van der Waals surface area contributed by atoms with Crippen molar-refractivity contribution in [3.05, 3.63) is 0 Å². The normalized spacial score (nSPS) is 24.5. The zero-order valence-corrected chi connectivity index (χ0v) is 9.27. The van der Waals surface area contributed by atoms with Gasteiger partial charge in [-0.2, -0.15) is 0 Å². The molecule has 1 aliphatic heterocycles. The van der Waals surface area contributed by atoms with Gasteiger partial charge in [0.2, 0.25) is 5.91 Å². The Morgan fingerprint density at radius 2 is 2.06 bits per heavy atom. The number of carbonyl (C=O) groups excluding carboxylic acids is 2. The average Bonchev–Trinajstić information content (AvgIpc) is 2.93. The van der Waals surface area contributed by atoms with Crippen molar-refractivity contribution in [2.45, 2.75) is 31.4 Å². The molecule has 2 fully saturated rings. The van der Waals surface area contributed by atoms with Crippen molar-refractivity contribution in [1.82, 2.24) is 10.2 Å². The molecule has 0 aromatic rings. The molecule has 6 heteroatoms. The van der Waals surface area contributed by atoms with Crippen LogP contribution in [-0.2, 0) is 4.79 Å². The lowest BCUT2D eigenvalue weighted by atomic mass is 9.88. The van der Waals surface area contributed by atoms with Crippen LogP contribution in [0, 0.1) is 5.92 Å². The number of urea groups is 1. The van der Waals surface area contributed by atoms with Crippen LogP contribution in [0.3, 0.4) is 0 Å². The molecule has 6 nitrogen and oxygen atoms in total. The molecule has 0 spiro atoms. The van der Waals surface area contributed by atoms with Crippen molar-refractivity contribution in [3.63, 3.8) is 0 Å². The molecule has 1 atom stereocenters. The number of rotatable bonds is 3. The zero-order valence-electron chi connectivity index (χ0n) is 9.27. The van der Waals surface area contributed by atoms with E-state index in [-0.39, 0.29) is 5.91 Å². The van der Waals surface area contributed by atoms with E-state index in [4.69, 9.17) is 5.73 Å². The molecule has 1 heterocycles. The summed E-state index contributed by atoms with van der Waals surface area (Å²) in [5.41, 5.74) is 4.25. The lowest BCUT2D eigenvalue weighted by Crippen LogP contribution is -2.67. The number of hydrogen-bond donors (Lipinski definition) is 3. The maximum atomic E-state index is 11.7. The Morgan fingerprint density at radius 3 is 2.50 bits per heavy atom. The van der Waals surface area contributed by atoms with Gasteiger partial charge in [-0.3, -0.25) is 4.79 Å². The number of nitrogens with one attached hydrogen (secondary N) is 1. The third kappa shape index (κ3) is 1.97. The van der Waals surface area contributed by atoms with Crippen LogP contribution < -0.4 is 11.1 Å². The summed E-state index contributed by atoms with van der Waals surface area (Å²) in [6.07, 6.45) is 2.10. The number of β-amino-alcohol motifs (C(OH)–C–C–N with tert-alkyl or cyclic N) is 1. The highest BCUT2D eigenvalue weighted by Gasteiger charge is 2.53. The molecule has 0 aromatic heterocycles. The third-order valence-electron chi connectivity index (χ3n) is 3.31. The van der Waals surface area contributed by atoms with Gasteiger partial charge in [-0.15, -0.1) is 0 Å². The van der Waals surface area contributed by atoms with Crippen LogP contribution in [0.2, 0.25) is 0 Å². The molecule has 1 unspecified atom stereocenters. The van der Waals surface area contributed by atoms with E-state index < -0.39 is 17.7 Å². The Hall–Kier alpha value is -1.30. The number of amides is 3. The largest absolute Gasteiger partial charge is 0.386 e. The number of nitrogens with two attached hydrogens (primary N) is 1. The Morgan fingerprint density at radius 1 is 1.50 bits per heavy atom. The molecular formula is C10H17N3O3. The highest BCUT2D eigenvalue weighted by molar-refractivity contribution is 5.86. The van der Waals surface area contributed by atoms with Gasteiger partial charge >= 0.3 is 6.03 Å². The molecule has 0 aromatic carbocycles. The van der Waals surface area contributed by atoms with Gasteiger partial charge in [-0.05, 0) is 25.7 Å². The van der Waals surface area contributed by atoms with Gasteiger partial charge in [0.05, 0.1) is 13.1 Å². The van der Waals surface area contributed by atoms with Crippen LogP contribution in [0.1, 0.15) is 19.8 Å². The second kappa shape index (κ2) is 3.62. The topological polar surface area (TPSA) is 95.7 Å². The van der Waals surface area contributed by atoms with Crippen molar-refractivity contribution in [3.8, 4) is 0 Å². The summed E-state index contributed by atoms with van der Waals surface area (Å²) in [5.74, 6) is 0.167. The molecular weight excluding hydrogens is 210 g/mol. The van der Waals surface area contributed by atoms with E-state index in [0.29, 0.717) is 19.0 Å². The monoisotopic (exact) mass is 227 g/mol. The Balaban J connectivity index is 1.82. The fourth-order valence-corrected chi connectivity index (χ4v) is 2.20. The summed E-state index contributed by atoms with van der Waals surface area (Å²) in [6, 6.07) is -1.33. The highest BCUT2D eigenvalue weighted by Crippen LogP contribution is 2.44. The Kier molecular flexibility index (Phi) is 2.53. The molecule has 1 aliphatic carbocycles. The number of nitrogens with zero attached hydrogens (tertiary/aromatic N) is 1. The molecule has 0 bridgehead atoms. The number of likely N-dealkylation sites (tertiary alicyclic amines) is 1. The molecule has 2 rings (SSSR count). The first-order chi connectivity index (χ1) is 7.42. The van der Waals surface area contributed by atoms with Crippen LogP contribution in [0.5, 0.6) is 0 Å². The Labute approximate surface area is 93.8 Å². The van der Waals surface area contributed by atoms with Gasteiger partial charge in [0, 0.05) is 0 Å². The van der Waals surface area contributed by atoms with E-state index in [1.165, 1.54) is 0 Å². The predicted octanol–water partition coefficient (Wildman–Crippen LogP) is -0.973. The number of aliphatic hydroxyl groups is 1. The molecule has 16 heavy (non-hydrogen) atoms. The molecule has 0 radical (unpaired) electrons. The second-order valence-electron chi connectivity index (χ2n) is 4.80. The molecule has 1 saturated heterocycles. The standard InChI is InChI=1S/C10H17N3O3/c1-6(12-9(11)15)8(14)13-4-10(16,5-13)7-2-3-7/h6-7,16H,2-5H2,1H3,(H3,11,12,15). The minimum Gasteiger partial charge on any atom is -0.386 e. The first kappa shape index (κ1) is 11.2. The summed E-state index contributed by atoms with van der Waals surface area (Å²) in [6.45, 7) is 2.34. The van der Waals surface area contributed by atoms with E-state index in [1.807, 2.05) is 0 Å². The first-order valence-electron chi connectivity index (χ1n) is 5.49.